The molecule has 0 aliphatic carbocycles. The lowest BCUT2D eigenvalue weighted by Crippen LogP contribution is -2.40. The van der Waals surface area contributed by atoms with E-state index in [1.807, 2.05) is 0 Å². The van der Waals surface area contributed by atoms with Gasteiger partial charge in [0.15, 0.2) is 0 Å². The first kappa shape index (κ1) is 16.7. The molecule has 0 spiro atoms. The predicted molar refractivity (Wildman–Crippen MR) is 82.0 cm³/mol. The summed E-state index contributed by atoms with van der Waals surface area (Å²) in [6.07, 6.45) is 1.41. The molecule has 1 amide bonds. The van der Waals surface area contributed by atoms with Crippen LogP contribution in [0.25, 0.3) is 5.69 Å². The van der Waals surface area contributed by atoms with Crippen molar-refractivity contribution in [1.82, 2.24) is 15.1 Å². The van der Waals surface area contributed by atoms with E-state index in [1.54, 1.807) is 26.0 Å². The Morgan fingerprint density at radius 2 is 1.87 bits per heavy atom. The van der Waals surface area contributed by atoms with Gasteiger partial charge in [0.1, 0.15) is 5.82 Å². The average molecular weight is 319 g/mol. The van der Waals surface area contributed by atoms with Gasteiger partial charge in [-0.15, -0.1) is 0 Å². The van der Waals surface area contributed by atoms with Crippen LogP contribution in [0.4, 0.5) is 4.39 Å². The van der Waals surface area contributed by atoms with Crippen LogP contribution in [0.5, 0.6) is 0 Å². The molecule has 0 saturated carbocycles. The molecule has 2 aromatic rings. The highest BCUT2D eigenvalue weighted by Crippen LogP contribution is 2.15. The number of aliphatic carboxylic acids is 1. The molecular formula is C16H18FN3O3. The lowest BCUT2D eigenvalue weighted by atomic mass is 10.0. The molecule has 0 saturated heterocycles. The molecule has 7 heteroatoms. The number of nitrogens with one attached hydrogen (secondary N) is 1. The van der Waals surface area contributed by atoms with Gasteiger partial charge in [-0.25, -0.2) is 9.07 Å². The van der Waals surface area contributed by atoms with E-state index in [2.05, 4.69) is 10.4 Å². The average Bonchev–Trinajstić information content (AvgIpc) is 2.88. The molecule has 0 fully saturated rings. The summed E-state index contributed by atoms with van der Waals surface area (Å²) in [7, 11) is 0. The molecule has 1 heterocycles. The maximum absolute atomic E-state index is 13.0. The van der Waals surface area contributed by atoms with E-state index >= 15 is 0 Å². The number of benzene rings is 1. The van der Waals surface area contributed by atoms with Crippen molar-refractivity contribution in [2.75, 3.05) is 0 Å². The van der Waals surface area contributed by atoms with Crippen molar-refractivity contribution in [1.29, 1.82) is 0 Å². The lowest BCUT2D eigenvalue weighted by Gasteiger charge is -2.17. The molecule has 2 atom stereocenters. The largest absolute Gasteiger partial charge is 0.481 e. The summed E-state index contributed by atoms with van der Waals surface area (Å²) >= 11 is 0. The zero-order valence-corrected chi connectivity index (χ0v) is 13.1. The van der Waals surface area contributed by atoms with Crippen molar-refractivity contribution in [2.45, 2.75) is 26.8 Å². The van der Waals surface area contributed by atoms with Crippen LogP contribution in [0.1, 0.15) is 29.9 Å². The minimum Gasteiger partial charge on any atom is -0.481 e. The minimum atomic E-state index is -0.975. The fourth-order valence-corrected chi connectivity index (χ4v) is 2.10. The number of hydrogen-bond acceptors (Lipinski definition) is 3. The van der Waals surface area contributed by atoms with Crippen LogP contribution in [0.2, 0.25) is 0 Å². The summed E-state index contributed by atoms with van der Waals surface area (Å²) in [4.78, 5) is 23.2. The number of rotatable bonds is 5. The third-order valence-electron chi connectivity index (χ3n) is 3.82. The Hall–Kier alpha value is -2.70. The zero-order chi connectivity index (χ0) is 17.1. The monoisotopic (exact) mass is 319 g/mol. The second-order valence-corrected chi connectivity index (χ2v) is 5.42. The van der Waals surface area contributed by atoms with Crippen molar-refractivity contribution >= 4 is 11.9 Å². The lowest BCUT2D eigenvalue weighted by molar-refractivity contribution is -0.141. The number of halogens is 1. The zero-order valence-electron chi connectivity index (χ0n) is 13.1. The number of amides is 1. The van der Waals surface area contributed by atoms with Crippen molar-refractivity contribution in [3.05, 3.63) is 47.5 Å². The van der Waals surface area contributed by atoms with Crippen LogP contribution in [0.15, 0.2) is 30.5 Å². The molecular weight excluding hydrogens is 301 g/mol. The maximum Gasteiger partial charge on any atom is 0.308 e. The highest BCUT2D eigenvalue weighted by atomic mass is 19.1. The topological polar surface area (TPSA) is 84.2 Å². The highest BCUT2D eigenvalue weighted by molar-refractivity contribution is 5.95. The summed E-state index contributed by atoms with van der Waals surface area (Å²) in [5, 5.41) is 15.8. The van der Waals surface area contributed by atoms with E-state index in [0.717, 1.165) is 0 Å². The first-order valence-corrected chi connectivity index (χ1v) is 7.15. The van der Waals surface area contributed by atoms with Gasteiger partial charge in [0.05, 0.1) is 29.1 Å². The Kier molecular flexibility index (Phi) is 4.78. The number of carboxylic acids is 1. The van der Waals surface area contributed by atoms with Gasteiger partial charge < -0.3 is 10.4 Å². The molecule has 0 radical (unpaired) electrons. The second-order valence-electron chi connectivity index (χ2n) is 5.42. The number of carbonyl (C=O) groups excluding carboxylic acids is 1. The van der Waals surface area contributed by atoms with Gasteiger partial charge >= 0.3 is 5.97 Å². The van der Waals surface area contributed by atoms with E-state index in [0.29, 0.717) is 16.9 Å². The Morgan fingerprint density at radius 1 is 1.26 bits per heavy atom. The summed E-state index contributed by atoms with van der Waals surface area (Å²) in [5.74, 6) is -2.42. The Balaban J connectivity index is 2.20. The Morgan fingerprint density at radius 3 is 2.43 bits per heavy atom. The molecule has 2 N–H and O–H groups in total. The number of nitrogens with zero attached hydrogens (tertiary/aromatic N) is 2. The standard InChI is InChI=1S/C16H18FN3O3/c1-9(16(22)23)10(2)19-15(21)14-8-18-20(11(14)3)13-6-4-12(17)5-7-13/h4-10H,1-3H3,(H,19,21)(H,22,23). The molecule has 23 heavy (non-hydrogen) atoms. The predicted octanol–water partition coefficient (Wildman–Crippen LogP) is 2.16. The Bertz CT molecular complexity index is 725. The Labute approximate surface area is 132 Å². The van der Waals surface area contributed by atoms with Gasteiger partial charge in [-0.1, -0.05) is 0 Å². The third kappa shape index (κ3) is 3.56. The van der Waals surface area contributed by atoms with Crippen LogP contribution in [0.3, 0.4) is 0 Å². The third-order valence-corrected chi connectivity index (χ3v) is 3.82. The minimum absolute atomic E-state index is 0.346. The van der Waals surface area contributed by atoms with Crippen LogP contribution < -0.4 is 5.32 Å². The summed E-state index contributed by atoms with van der Waals surface area (Å²) < 4.78 is 14.5. The van der Waals surface area contributed by atoms with Crippen molar-refractivity contribution in [3.8, 4) is 5.69 Å². The first-order chi connectivity index (χ1) is 10.8. The van der Waals surface area contributed by atoms with E-state index in [9.17, 15) is 14.0 Å². The van der Waals surface area contributed by atoms with Crippen LogP contribution in [-0.2, 0) is 4.79 Å². The quantitative estimate of drug-likeness (QED) is 0.884. The summed E-state index contributed by atoms with van der Waals surface area (Å²) in [6.45, 7) is 4.88. The molecule has 6 nitrogen and oxygen atoms in total. The molecule has 122 valence electrons. The fraction of sp³-hybridized carbons (Fsp3) is 0.312. The van der Waals surface area contributed by atoms with E-state index in [1.165, 1.54) is 29.9 Å². The molecule has 2 rings (SSSR count). The van der Waals surface area contributed by atoms with Crippen molar-refractivity contribution in [2.24, 2.45) is 5.92 Å². The number of hydrogen-bond donors (Lipinski definition) is 2. The van der Waals surface area contributed by atoms with Gasteiger partial charge in [0.2, 0.25) is 0 Å². The smallest absolute Gasteiger partial charge is 0.308 e. The van der Waals surface area contributed by atoms with Crippen molar-refractivity contribution < 1.29 is 19.1 Å². The van der Waals surface area contributed by atoms with Gasteiger partial charge in [0, 0.05) is 6.04 Å². The molecule has 1 aromatic carbocycles. The molecule has 1 aromatic heterocycles. The van der Waals surface area contributed by atoms with Gasteiger partial charge in [-0.05, 0) is 45.0 Å². The van der Waals surface area contributed by atoms with E-state index in [4.69, 9.17) is 5.11 Å². The van der Waals surface area contributed by atoms with E-state index in [-0.39, 0.29) is 5.82 Å². The van der Waals surface area contributed by atoms with Crippen LogP contribution in [-0.4, -0.2) is 32.8 Å². The first-order valence-electron chi connectivity index (χ1n) is 7.15. The van der Waals surface area contributed by atoms with Crippen LogP contribution >= 0.6 is 0 Å². The molecule has 2 unspecified atom stereocenters. The summed E-state index contributed by atoms with van der Waals surface area (Å²) in [6, 6.07) is 5.23. The number of carboxylic acid groups (broad SMARTS) is 1. The second kappa shape index (κ2) is 6.60. The molecule has 0 aliphatic heterocycles. The van der Waals surface area contributed by atoms with Crippen LogP contribution in [0, 0.1) is 18.7 Å². The fourth-order valence-electron chi connectivity index (χ4n) is 2.10. The molecule has 0 bridgehead atoms. The van der Waals surface area contributed by atoms with Crippen molar-refractivity contribution in [3.63, 3.8) is 0 Å². The molecule has 0 aliphatic rings. The SMILES string of the molecule is Cc1c(C(=O)NC(C)C(C)C(=O)O)cnn1-c1ccc(F)cc1. The van der Waals surface area contributed by atoms with E-state index < -0.39 is 23.8 Å². The summed E-state index contributed by atoms with van der Waals surface area (Å²) in [5.41, 5.74) is 1.57. The maximum atomic E-state index is 13.0. The van der Waals surface area contributed by atoms with Gasteiger partial charge in [-0.2, -0.15) is 5.10 Å². The van der Waals surface area contributed by atoms with Gasteiger partial charge in [0.25, 0.3) is 5.91 Å². The normalized spacial score (nSPS) is 13.4. The highest BCUT2D eigenvalue weighted by Gasteiger charge is 2.23. The van der Waals surface area contributed by atoms with Gasteiger partial charge in [-0.3, -0.25) is 9.59 Å². The number of aromatic nitrogens is 2. The number of carbonyl (C=O) groups is 2.